The van der Waals surface area contributed by atoms with Gasteiger partial charge >= 0.3 is 5.97 Å². The lowest BCUT2D eigenvalue weighted by Crippen LogP contribution is -2.21. The molecule has 0 saturated heterocycles. The number of rotatable bonds is 9. The lowest BCUT2D eigenvalue weighted by atomic mass is 10.1. The smallest absolute Gasteiger partial charge is 0.306 e. The fourth-order valence-electron chi connectivity index (χ4n) is 3.17. The van der Waals surface area contributed by atoms with Crippen molar-refractivity contribution in [2.75, 3.05) is 11.9 Å². The van der Waals surface area contributed by atoms with Crippen molar-refractivity contribution in [2.45, 2.75) is 26.7 Å². The molecular formula is C27H25N3O5. The number of hydrogen-bond acceptors (Lipinski definition) is 7. The van der Waals surface area contributed by atoms with E-state index in [1.165, 1.54) is 0 Å². The predicted octanol–water partition coefficient (Wildman–Crippen LogP) is 5.26. The van der Waals surface area contributed by atoms with Gasteiger partial charge in [0.1, 0.15) is 5.75 Å². The molecule has 0 unspecified atom stereocenters. The number of nitrogens with zero attached hydrogens (tertiary/aromatic N) is 2. The molecule has 3 aromatic carbocycles. The third-order valence-corrected chi connectivity index (χ3v) is 5.08. The van der Waals surface area contributed by atoms with Crippen molar-refractivity contribution in [1.29, 1.82) is 0 Å². The number of hydrogen-bond donors (Lipinski definition) is 1. The average molecular weight is 472 g/mol. The summed E-state index contributed by atoms with van der Waals surface area (Å²) in [6.07, 6.45) is 0.225. The number of aryl methyl sites for hydroxylation is 3. The minimum Gasteiger partial charge on any atom is -0.456 e. The fraction of sp³-hybridized carbons (Fsp3) is 0.185. The lowest BCUT2D eigenvalue weighted by Gasteiger charge is -2.12. The van der Waals surface area contributed by atoms with Gasteiger partial charge in [0.05, 0.1) is 12.1 Å². The van der Waals surface area contributed by atoms with Crippen LogP contribution in [-0.4, -0.2) is 28.7 Å². The number of aromatic nitrogens is 2. The Morgan fingerprint density at radius 1 is 0.886 bits per heavy atom. The molecule has 0 aliphatic rings. The van der Waals surface area contributed by atoms with Crippen molar-refractivity contribution in [3.63, 3.8) is 0 Å². The largest absolute Gasteiger partial charge is 0.456 e. The molecule has 8 nitrogen and oxygen atoms in total. The zero-order valence-electron chi connectivity index (χ0n) is 19.5. The van der Waals surface area contributed by atoms with Gasteiger partial charge in [-0.15, -0.1) is 10.2 Å². The van der Waals surface area contributed by atoms with Crippen molar-refractivity contribution in [3.05, 3.63) is 89.8 Å². The molecule has 1 heterocycles. The van der Waals surface area contributed by atoms with E-state index in [4.69, 9.17) is 13.9 Å². The number of esters is 1. The predicted molar refractivity (Wildman–Crippen MR) is 130 cm³/mol. The summed E-state index contributed by atoms with van der Waals surface area (Å²) in [4.78, 5) is 24.4. The Morgan fingerprint density at radius 3 is 2.31 bits per heavy atom. The zero-order chi connectivity index (χ0) is 24.6. The summed E-state index contributed by atoms with van der Waals surface area (Å²) in [5, 5.41) is 10.7. The molecule has 0 fully saturated rings. The van der Waals surface area contributed by atoms with Crippen LogP contribution in [-0.2, 0) is 20.7 Å². The molecule has 0 atom stereocenters. The van der Waals surface area contributed by atoms with Gasteiger partial charge in [-0.1, -0.05) is 47.5 Å². The highest BCUT2D eigenvalue weighted by Crippen LogP contribution is 2.29. The number of anilines is 1. The van der Waals surface area contributed by atoms with Gasteiger partial charge in [0.15, 0.2) is 12.4 Å². The zero-order valence-corrected chi connectivity index (χ0v) is 19.5. The van der Waals surface area contributed by atoms with E-state index in [9.17, 15) is 9.59 Å². The number of carbonyl (C=O) groups excluding carboxylic acids is 2. The Hall–Kier alpha value is -4.46. The maximum atomic E-state index is 12.3. The van der Waals surface area contributed by atoms with Crippen LogP contribution in [0, 0.1) is 13.8 Å². The molecule has 4 aromatic rings. The van der Waals surface area contributed by atoms with E-state index in [0.29, 0.717) is 29.0 Å². The van der Waals surface area contributed by atoms with Crippen LogP contribution in [0.5, 0.6) is 11.5 Å². The second-order valence-corrected chi connectivity index (χ2v) is 7.99. The van der Waals surface area contributed by atoms with Crippen molar-refractivity contribution in [1.82, 2.24) is 10.2 Å². The van der Waals surface area contributed by atoms with E-state index in [-0.39, 0.29) is 12.8 Å². The molecule has 0 bridgehead atoms. The van der Waals surface area contributed by atoms with Gasteiger partial charge in [-0.2, -0.15) is 0 Å². The van der Waals surface area contributed by atoms with Crippen LogP contribution in [0.3, 0.4) is 0 Å². The SMILES string of the molecule is Cc1ccc(Oc2ccccc2NC(=O)COC(=O)CCc2nnc(-c3ccc(C)cc3)o2)cc1. The van der Waals surface area contributed by atoms with Gasteiger partial charge in [-0.3, -0.25) is 9.59 Å². The van der Waals surface area contributed by atoms with Crippen LogP contribution >= 0.6 is 0 Å². The molecule has 0 radical (unpaired) electrons. The van der Waals surface area contributed by atoms with E-state index in [0.717, 1.165) is 16.7 Å². The number of nitrogens with one attached hydrogen (secondary N) is 1. The third-order valence-electron chi connectivity index (χ3n) is 5.08. The van der Waals surface area contributed by atoms with E-state index in [1.54, 1.807) is 24.3 Å². The summed E-state index contributed by atoms with van der Waals surface area (Å²) >= 11 is 0. The van der Waals surface area contributed by atoms with Gasteiger partial charge in [-0.05, 0) is 50.2 Å². The van der Waals surface area contributed by atoms with Crippen LogP contribution < -0.4 is 10.1 Å². The molecule has 0 spiro atoms. The van der Waals surface area contributed by atoms with Crippen LogP contribution in [0.2, 0.25) is 0 Å². The van der Waals surface area contributed by atoms with Crippen LogP contribution in [0.1, 0.15) is 23.4 Å². The van der Waals surface area contributed by atoms with E-state index in [1.807, 2.05) is 62.4 Å². The van der Waals surface area contributed by atoms with Crippen molar-refractivity contribution >= 4 is 17.6 Å². The molecule has 1 amide bonds. The number of benzene rings is 3. The summed E-state index contributed by atoms with van der Waals surface area (Å²) in [5.41, 5.74) is 3.53. The van der Waals surface area contributed by atoms with E-state index < -0.39 is 18.5 Å². The highest BCUT2D eigenvalue weighted by atomic mass is 16.5. The fourth-order valence-corrected chi connectivity index (χ4v) is 3.17. The van der Waals surface area contributed by atoms with E-state index in [2.05, 4.69) is 15.5 Å². The summed E-state index contributed by atoms with van der Waals surface area (Å²) in [7, 11) is 0. The molecule has 1 aromatic heterocycles. The topological polar surface area (TPSA) is 104 Å². The van der Waals surface area contributed by atoms with Crippen molar-refractivity contribution in [3.8, 4) is 23.0 Å². The minimum atomic E-state index is -0.542. The minimum absolute atomic E-state index is 0.00985. The molecule has 4 rings (SSSR count). The number of carbonyl (C=O) groups is 2. The number of amides is 1. The van der Waals surface area contributed by atoms with Gasteiger partial charge in [0.2, 0.25) is 11.8 Å². The molecule has 0 aliphatic carbocycles. The lowest BCUT2D eigenvalue weighted by molar-refractivity contribution is -0.147. The van der Waals surface area contributed by atoms with Gasteiger partial charge < -0.3 is 19.2 Å². The summed E-state index contributed by atoms with van der Waals surface area (Å²) in [6, 6.07) is 22.3. The standard InChI is InChI=1S/C27H25N3O5/c1-18-7-11-20(12-8-18)27-30-29-25(35-27)15-16-26(32)33-17-24(31)28-22-5-3-4-6-23(22)34-21-13-9-19(2)10-14-21/h3-14H,15-17H2,1-2H3,(H,28,31). The monoisotopic (exact) mass is 471 g/mol. The normalized spacial score (nSPS) is 10.6. The molecule has 0 saturated carbocycles. The quantitative estimate of drug-likeness (QED) is 0.332. The number of ether oxygens (including phenoxy) is 2. The Bertz CT molecular complexity index is 1300. The Balaban J connectivity index is 1.24. The maximum Gasteiger partial charge on any atom is 0.306 e. The highest BCUT2D eigenvalue weighted by molar-refractivity contribution is 5.94. The first-order chi connectivity index (χ1) is 17.0. The van der Waals surface area contributed by atoms with Gasteiger partial charge in [0.25, 0.3) is 5.91 Å². The first-order valence-corrected chi connectivity index (χ1v) is 11.1. The number of para-hydroxylation sites is 2. The Kier molecular flexibility index (Phi) is 7.52. The van der Waals surface area contributed by atoms with Crippen molar-refractivity contribution in [2.24, 2.45) is 0 Å². The molecule has 35 heavy (non-hydrogen) atoms. The first kappa shape index (κ1) is 23.7. The first-order valence-electron chi connectivity index (χ1n) is 11.1. The summed E-state index contributed by atoms with van der Waals surface area (Å²) < 4.78 is 16.6. The van der Waals surface area contributed by atoms with Gasteiger partial charge in [-0.25, -0.2) is 0 Å². The second kappa shape index (κ2) is 11.1. The second-order valence-electron chi connectivity index (χ2n) is 7.99. The Morgan fingerprint density at radius 2 is 1.57 bits per heavy atom. The molecule has 0 aliphatic heterocycles. The maximum absolute atomic E-state index is 12.3. The van der Waals surface area contributed by atoms with E-state index >= 15 is 0 Å². The van der Waals surface area contributed by atoms with Crippen molar-refractivity contribution < 1.29 is 23.5 Å². The van der Waals surface area contributed by atoms with Crippen LogP contribution in [0.4, 0.5) is 5.69 Å². The third kappa shape index (κ3) is 6.77. The summed E-state index contributed by atoms with van der Waals surface area (Å²) in [6.45, 7) is 3.56. The summed E-state index contributed by atoms with van der Waals surface area (Å²) in [5.74, 6) is 0.827. The molecule has 178 valence electrons. The molecular weight excluding hydrogens is 446 g/mol. The molecule has 1 N–H and O–H groups in total. The van der Waals surface area contributed by atoms with Crippen LogP contribution in [0.15, 0.2) is 77.2 Å². The Labute approximate surface area is 202 Å². The molecule has 8 heteroatoms. The average Bonchev–Trinajstić information content (AvgIpc) is 3.33. The highest BCUT2D eigenvalue weighted by Gasteiger charge is 2.14. The van der Waals surface area contributed by atoms with Crippen LogP contribution in [0.25, 0.3) is 11.5 Å². The van der Waals surface area contributed by atoms with Gasteiger partial charge in [0, 0.05) is 12.0 Å².